The lowest BCUT2D eigenvalue weighted by atomic mass is 9.65. The van der Waals surface area contributed by atoms with Gasteiger partial charge in [0.2, 0.25) is 0 Å². The average molecular weight is 304 g/mol. The van der Waals surface area contributed by atoms with Gasteiger partial charge in [0.1, 0.15) is 0 Å². The lowest BCUT2D eigenvalue weighted by Crippen LogP contribution is -2.59. The monoisotopic (exact) mass is 304 g/mol. The highest BCUT2D eigenvalue weighted by Crippen LogP contribution is 2.31. The van der Waals surface area contributed by atoms with Gasteiger partial charge in [-0.3, -0.25) is 0 Å². The van der Waals surface area contributed by atoms with Crippen LogP contribution in [0.15, 0.2) is 72.7 Å². The highest BCUT2D eigenvalue weighted by molar-refractivity contribution is 6.67. The summed E-state index contributed by atoms with van der Waals surface area (Å²) >= 11 is 0. The molecule has 1 heterocycles. The first-order valence-electron chi connectivity index (χ1n) is 8.40. The van der Waals surface area contributed by atoms with Crippen LogP contribution in [0, 0.1) is 0 Å². The summed E-state index contributed by atoms with van der Waals surface area (Å²) in [5.41, 5.74) is 2.58. The van der Waals surface area contributed by atoms with E-state index in [4.69, 9.17) is 0 Å². The van der Waals surface area contributed by atoms with Crippen molar-refractivity contribution in [2.75, 3.05) is 11.4 Å². The fourth-order valence-corrected chi connectivity index (χ4v) is 3.26. The number of hydrogen-bond donors (Lipinski definition) is 0. The first-order chi connectivity index (χ1) is 11.1. The molecule has 2 nitrogen and oxygen atoms in total. The summed E-state index contributed by atoms with van der Waals surface area (Å²) in [6, 6.07) is 21.4. The van der Waals surface area contributed by atoms with Crippen LogP contribution in [-0.4, -0.2) is 23.9 Å². The smallest absolute Gasteiger partial charge is 0.367 e. The zero-order valence-corrected chi connectivity index (χ0v) is 14.3. The maximum Gasteiger partial charge on any atom is 0.375 e. The first kappa shape index (κ1) is 15.9. The number of anilines is 2. The molecule has 0 bridgehead atoms. The predicted octanol–water partition coefficient (Wildman–Crippen LogP) is 4.91. The first-order valence-corrected chi connectivity index (χ1v) is 8.40. The molecule has 118 valence electrons. The van der Waals surface area contributed by atoms with E-state index in [1.807, 2.05) is 0 Å². The summed E-state index contributed by atoms with van der Waals surface area (Å²) in [4.78, 5) is 5.01. The topological polar surface area (TPSA) is 6.48 Å². The van der Waals surface area contributed by atoms with Crippen molar-refractivity contribution in [1.29, 1.82) is 0 Å². The van der Waals surface area contributed by atoms with Gasteiger partial charge in [0.05, 0.1) is 0 Å². The van der Waals surface area contributed by atoms with E-state index < -0.39 is 0 Å². The Labute approximate surface area is 140 Å². The van der Waals surface area contributed by atoms with Gasteiger partial charge in [0, 0.05) is 16.9 Å². The van der Waals surface area contributed by atoms with Crippen LogP contribution in [0.25, 0.3) is 0 Å². The molecule has 0 fully saturated rings. The minimum Gasteiger partial charge on any atom is -0.367 e. The molecule has 0 atom stereocenters. The molecule has 2 aromatic rings. The molecule has 0 radical (unpaired) electrons. The fourth-order valence-electron chi connectivity index (χ4n) is 3.26. The van der Waals surface area contributed by atoms with Crippen LogP contribution in [0.3, 0.4) is 0 Å². The SMILES string of the molecule is CC(C)(C)N1CCC=CB1N(c1ccccc1)c1ccccc1. The summed E-state index contributed by atoms with van der Waals surface area (Å²) in [7, 11) is 0. The minimum atomic E-state index is 0.122. The average Bonchev–Trinajstić information content (AvgIpc) is 2.57. The Hall–Kier alpha value is -2.00. The summed E-state index contributed by atoms with van der Waals surface area (Å²) in [6.07, 6.45) is 3.43. The summed E-state index contributed by atoms with van der Waals surface area (Å²) in [5, 5.41) is 0. The van der Waals surface area contributed by atoms with Crippen molar-refractivity contribution in [3.8, 4) is 0 Å². The maximum absolute atomic E-state index is 2.58. The molecule has 0 spiro atoms. The van der Waals surface area contributed by atoms with E-state index in [9.17, 15) is 0 Å². The molecule has 0 N–H and O–H groups in total. The van der Waals surface area contributed by atoms with Gasteiger partial charge in [-0.2, -0.15) is 0 Å². The Morgan fingerprint density at radius 1 is 0.870 bits per heavy atom. The van der Waals surface area contributed by atoms with Crippen LogP contribution in [0.1, 0.15) is 27.2 Å². The van der Waals surface area contributed by atoms with Gasteiger partial charge >= 0.3 is 6.98 Å². The molecule has 3 rings (SSSR count). The van der Waals surface area contributed by atoms with Crippen molar-refractivity contribution >= 4 is 18.4 Å². The molecular weight excluding hydrogens is 279 g/mol. The lowest BCUT2D eigenvalue weighted by molar-refractivity contribution is 0.249. The van der Waals surface area contributed by atoms with Gasteiger partial charge in [-0.25, -0.2) is 0 Å². The Balaban J connectivity index is 2.08. The van der Waals surface area contributed by atoms with Crippen LogP contribution < -0.4 is 4.81 Å². The zero-order chi connectivity index (χ0) is 16.3. The van der Waals surface area contributed by atoms with Gasteiger partial charge in [0.25, 0.3) is 0 Å². The molecular formula is C20H25BN2. The molecule has 1 aliphatic rings. The van der Waals surface area contributed by atoms with Gasteiger partial charge < -0.3 is 9.62 Å². The van der Waals surface area contributed by atoms with Crippen LogP contribution in [-0.2, 0) is 0 Å². The number of para-hydroxylation sites is 2. The normalized spacial score (nSPS) is 15.7. The Kier molecular flexibility index (Phi) is 4.58. The molecule has 3 heteroatoms. The number of hydrogen-bond acceptors (Lipinski definition) is 2. The van der Waals surface area contributed by atoms with Crippen LogP contribution in [0.4, 0.5) is 11.4 Å². The van der Waals surface area contributed by atoms with Crippen molar-refractivity contribution in [2.45, 2.75) is 32.7 Å². The van der Waals surface area contributed by atoms with Gasteiger partial charge in [-0.1, -0.05) is 48.4 Å². The second-order valence-corrected chi connectivity index (χ2v) is 7.04. The second-order valence-electron chi connectivity index (χ2n) is 7.04. The van der Waals surface area contributed by atoms with E-state index >= 15 is 0 Å². The largest absolute Gasteiger partial charge is 0.375 e. The van der Waals surface area contributed by atoms with E-state index in [1.165, 1.54) is 11.4 Å². The van der Waals surface area contributed by atoms with Crippen LogP contribution in [0.5, 0.6) is 0 Å². The van der Waals surface area contributed by atoms with E-state index in [0.29, 0.717) is 0 Å². The lowest BCUT2D eigenvalue weighted by Gasteiger charge is -2.45. The summed E-state index contributed by atoms with van der Waals surface area (Å²) in [6.45, 7) is 8.21. The highest BCUT2D eigenvalue weighted by atomic mass is 15.3. The molecule has 0 saturated carbocycles. The zero-order valence-electron chi connectivity index (χ0n) is 14.3. The van der Waals surface area contributed by atoms with Gasteiger partial charge in [-0.05, 0) is 58.0 Å². The van der Waals surface area contributed by atoms with Crippen molar-refractivity contribution in [3.63, 3.8) is 0 Å². The quantitative estimate of drug-likeness (QED) is 0.743. The van der Waals surface area contributed by atoms with Crippen molar-refractivity contribution in [1.82, 2.24) is 4.81 Å². The Morgan fingerprint density at radius 3 is 1.87 bits per heavy atom. The predicted molar refractivity (Wildman–Crippen MR) is 101 cm³/mol. The third-order valence-electron chi connectivity index (χ3n) is 4.36. The Bertz CT molecular complexity index is 607. The number of rotatable bonds is 3. The fraction of sp³-hybridized carbons (Fsp3) is 0.300. The van der Waals surface area contributed by atoms with Crippen LogP contribution in [0.2, 0.25) is 0 Å². The molecule has 1 aliphatic heterocycles. The molecule has 0 amide bonds. The van der Waals surface area contributed by atoms with Gasteiger partial charge in [0.15, 0.2) is 0 Å². The number of benzene rings is 2. The molecule has 2 aromatic carbocycles. The summed E-state index contributed by atoms with van der Waals surface area (Å²) < 4.78 is 0. The standard InChI is InChI=1S/C20H25BN2/c1-20(2,3)22-17-11-10-16-21(22)23(18-12-6-4-7-13-18)19-14-8-5-9-15-19/h4-10,12-16H,11,17H2,1-3H3. The molecule has 0 aliphatic carbocycles. The van der Waals surface area contributed by atoms with E-state index in [2.05, 4.69) is 103 Å². The van der Waals surface area contributed by atoms with E-state index in [-0.39, 0.29) is 12.5 Å². The highest BCUT2D eigenvalue weighted by Gasteiger charge is 2.37. The molecule has 23 heavy (non-hydrogen) atoms. The number of nitrogens with zero attached hydrogens (tertiary/aromatic N) is 2. The second kappa shape index (κ2) is 6.63. The molecule has 0 unspecified atom stereocenters. The molecule has 0 saturated heterocycles. The van der Waals surface area contributed by atoms with Crippen LogP contribution >= 0.6 is 0 Å². The molecule has 0 aromatic heterocycles. The summed E-state index contributed by atoms with van der Waals surface area (Å²) in [5.74, 6) is 2.34. The Morgan fingerprint density at radius 2 is 1.39 bits per heavy atom. The maximum atomic E-state index is 2.58. The van der Waals surface area contributed by atoms with E-state index in [0.717, 1.165) is 13.0 Å². The van der Waals surface area contributed by atoms with Crippen molar-refractivity contribution in [2.24, 2.45) is 0 Å². The van der Waals surface area contributed by atoms with Crippen molar-refractivity contribution in [3.05, 3.63) is 72.7 Å². The minimum absolute atomic E-state index is 0.122. The third kappa shape index (κ3) is 3.51. The third-order valence-corrected chi connectivity index (χ3v) is 4.36. The van der Waals surface area contributed by atoms with Crippen molar-refractivity contribution < 1.29 is 0 Å². The van der Waals surface area contributed by atoms with Gasteiger partial charge in [-0.15, -0.1) is 0 Å². The van der Waals surface area contributed by atoms with E-state index in [1.54, 1.807) is 0 Å².